The Hall–Kier alpha value is -7.64. The number of anilines is 3. The van der Waals surface area contributed by atoms with E-state index in [2.05, 4.69) is 217 Å². The number of thiophene rings is 4. The first-order valence-electron chi connectivity index (χ1n) is 23.4. The summed E-state index contributed by atoms with van der Waals surface area (Å²) in [7, 11) is 0. The molecule has 0 saturated heterocycles. The van der Waals surface area contributed by atoms with Gasteiger partial charge >= 0.3 is 0 Å². The van der Waals surface area contributed by atoms with Gasteiger partial charge in [-0.05, 0) is 151 Å². The highest BCUT2D eigenvalue weighted by Gasteiger charge is 2.20. The van der Waals surface area contributed by atoms with Gasteiger partial charge < -0.3 is 4.90 Å². The van der Waals surface area contributed by atoms with Crippen molar-refractivity contribution in [3.05, 3.63) is 212 Å². The third kappa shape index (κ3) is 5.79. The minimum atomic E-state index is 1.12. The lowest BCUT2D eigenvalue weighted by Crippen LogP contribution is -2.09. The Balaban J connectivity index is 0.848. The van der Waals surface area contributed by atoms with Gasteiger partial charge in [-0.1, -0.05) is 115 Å². The first kappa shape index (κ1) is 38.3. The lowest BCUT2D eigenvalue weighted by molar-refractivity contribution is 1.29. The summed E-state index contributed by atoms with van der Waals surface area (Å²) in [6, 6.07) is 79.9. The molecule has 16 aromatic rings. The summed E-state index contributed by atoms with van der Waals surface area (Å²) in [4.78, 5) is 2.44. The van der Waals surface area contributed by atoms with Crippen LogP contribution in [0.1, 0.15) is 0 Å². The van der Waals surface area contributed by atoms with Crippen molar-refractivity contribution in [2.75, 3.05) is 4.90 Å². The Kier molecular flexibility index (Phi) is 8.02. The van der Waals surface area contributed by atoms with Crippen LogP contribution in [0.3, 0.4) is 0 Å². The van der Waals surface area contributed by atoms with E-state index in [4.69, 9.17) is 0 Å². The number of hydrogen-bond acceptors (Lipinski definition) is 5. The maximum absolute atomic E-state index is 2.44. The Morgan fingerprint density at radius 2 is 0.623 bits per heavy atom. The Bertz CT molecular complexity index is 4570. The van der Waals surface area contributed by atoms with Crippen molar-refractivity contribution >= 4 is 186 Å². The van der Waals surface area contributed by atoms with Crippen LogP contribution >= 0.6 is 45.3 Å². The molecule has 12 aromatic carbocycles. The molecular weight excluding hydrogens is 911 g/mol. The van der Waals surface area contributed by atoms with Gasteiger partial charge in [0.25, 0.3) is 0 Å². The zero-order valence-electron chi connectivity index (χ0n) is 36.8. The van der Waals surface area contributed by atoms with Crippen molar-refractivity contribution < 1.29 is 0 Å². The molecule has 0 N–H and O–H groups in total. The molecule has 4 heterocycles. The first-order valence-corrected chi connectivity index (χ1v) is 26.6. The van der Waals surface area contributed by atoms with Gasteiger partial charge in [-0.15, -0.1) is 45.3 Å². The standard InChI is InChI=1S/C64H35NS4/c1-2-8-36(9-3-1)37-14-18-46(19-15-37)65(47-20-16-42-30-53-59(34-44(42)26-47)66-55-24-22-49-51-28-38-10-4-6-12-40(38)32-57(51)68-63(49)61(53)55)48-21-17-43-31-54-60(35-45(43)27-48)67-56-25-23-50-52-29-39-11-5-7-13-41(39)33-58(52)69-64(50)62(54)56/h1-35H. The van der Waals surface area contributed by atoms with Crippen LogP contribution in [0.5, 0.6) is 0 Å². The summed E-state index contributed by atoms with van der Waals surface area (Å²) in [6.45, 7) is 0. The van der Waals surface area contributed by atoms with Crippen LogP contribution in [-0.2, 0) is 0 Å². The number of rotatable bonds is 4. The van der Waals surface area contributed by atoms with Crippen LogP contribution in [0.4, 0.5) is 17.1 Å². The van der Waals surface area contributed by atoms with E-state index >= 15 is 0 Å². The van der Waals surface area contributed by atoms with Crippen molar-refractivity contribution in [1.29, 1.82) is 0 Å². The summed E-state index contributed by atoms with van der Waals surface area (Å²) < 4.78 is 10.8. The summed E-state index contributed by atoms with van der Waals surface area (Å²) in [5, 5.41) is 21.0. The molecule has 0 radical (unpaired) electrons. The topological polar surface area (TPSA) is 3.24 Å². The smallest absolute Gasteiger partial charge is 0.0468 e. The molecule has 4 aromatic heterocycles. The van der Waals surface area contributed by atoms with Crippen LogP contribution in [0.2, 0.25) is 0 Å². The fourth-order valence-electron chi connectivity index (χ4n) is 11.2. The quantitative estimate of drug-likeness (QED) is 0.170. The molecule has 0 aliphatic rings. The third-order valence-electron chi connectivity index (χ3n) is 14.5. The van der Waals surface area contributed by atoms with E-state index in [1.165, 1.54) is 135 Å². The van der Waals surface area contributed by atoms with Gasteiger partial charge in [0, 0.05) is 97.8 Å². The highest BCUT2D eigenvalue weighted by molar-refractivity contribution is 7.30. The van der Waals surface area contributed by atoms with E-state index in [9.17, 15) is 0 Å². The summed E-state index contributed by atoms with van der Waals surface area (Å²) in [5.41, 5.74) is 5.82. The predicted molar refractivity (Wildman–Crippen MR) is 308 cm³/mol. The minimum Gasteiger partial charge on any atom is -0.310 e. The second kappa shape index (κ2) is 14.4. The second-order valence-electron chi connectivity index (χ2n) is 18.4. The van der Waals surface area contributed by atoms with E-state index in [1.54, 1.807) is 0 Å². The summed E-state index contributed by atoms with van der Waals surface area (Å²) in [6.07, 6.45) is 0. The van der Waals surface area contributed by atoms with Gasteiger partial charge in [0.05, 0.1) is 0 Å². The lowest BCUT2D eigenvalue weighted by atomic mass is 10.0. The average molecular weight is 946 g/mol. The number of fused-ring (bicyclic) bond motifs is 18. The molecule has 0 unspecified atom stereocenters. The van der Waals surface area contributed by atoms with Crippen molar-refractivity contribution in [2.45, 2.75) is 0 Å². The van der Waals surface area contributed by atoms with Gasteiger partial charge in [0.1, 0.15) is 0 Å². The van der Waals surface area contributed by atoms with E-state index < -0.39 is 0 Å². The van der Waals surface area contributed by atoms with Gasteiger partial charge in [-0.25, -0.2) is 0 Å². The molecule has 16 rings (SSSR count). The Morgan fingerprint density at radius 1 is 0.232 bits per heavy atom. The van der Waals surface area contributed by atoms with E-state index in [1.807, 2.05) is 45.3 Å². The zero-order valence-corrected chi connectivity index (χ0v) is 40.1. The highest BCUT2D eigenvalue weighted by atomic mass is 32.1. The van der Waals surface area contributed by atoms with Crippen LogP contribution in [0.15, 0.2) is 212 Å². The number of benzene rings is 12. The van der Waals surface area contributed by atoms with Crippen LogP contribution < -0.4 is 4.90 Å². The maximum atomic E-state index is 2.44. The zero-order chi connectivity index (χ0) is 44.9. The summed E-state index contributed by atoms with van der Waals surface area (Å²) in [5.74, 6) is 0. The molecule has 69 heavy (non-hydrogen) atoms. The highest BCUT2D eigenvalue weighted by Crippen LogP contribution is 2.49. The molecule has 0 atom stereocenters. The monoisotopic (exact) mass is 945 g/mol. The molecule has 0 bridgehead atoms. The molecular formula is C64H35NS4. The normalized spacial score (nSPS) is 12.3. The second-order valence-corrected chi connectivity index (χ2v) is 22.7. The third-order valence-corrected chi connectivity index (χ3v) is 19.1. The van der Waals surface area contributed by atoms with Crippen molar-refractivity contribution in [3.63, 3.8) is 0 Å². The maximum Gasteiger partial charge on any atom is 0.0468 e. The van der Waals surface area contributed by atoms with Crippen molar-refractivity contribution in [2.24, 2.45) is 0 Å². The fraction of sp³-hybridized carbons (Fsp3) is 0. The van der Waals surface area contributed by atoms with Crippen LogP contribution in [0.25, 0.3) is 135 Å². The fourth-order valence-corrected chi connectivity index (χ4v) is 16.2. The predicted octanol–water partition coefficient (Wildman–Crippen LogP) is 20.9. The van der Waals surface area contributed by atoms with Gasteiger partial charge in [-0.2, -0.15) is 0 Å². The minimum absolute atomic E-state index is 1.12. The molecule has 1 nitrogen and oxygen atoms in total. The molecule has 0 aliphatic heterocycles. The van der Waals surface area contributed by atoms with Crippen LogP contribution in [-0.4, -0.2) is 0 Å². The molecule has 0 spiro atoms. The van der Waals surface area contributed by atoms with E-state index in [0.29, 0.717) is 0 Å². The van der Waals surface area contributed by atoms with E-state index in [-0.39, 0.29) is 0 Å². The number of hydrogen-bond donors (Lipinski definition) is 0. The average Bonchev–Trinajstić information content (AvgIpc) is 4.15. The van der Waals surface area contributed by atoms with Crippen LogP contribution in [0, 0.1) is 0 Å². The van der Waals surface area contributed by atoms with Gasteiger partial charge in [0.15, 0.2) is 0 Å². The molecule has 320 valence electrons. The first-order chi connectivity index (χ1) is 34.1. The molecule has 0 saturated carbocycles. The van der Waals surface area contributed by atoms with Gasteiger partial charge in [-0.3, -0.25) is 0 Å². The van der Waals surface area contributed by atoms with Crippen molar-refractivity contribution in [3.8, 4) is 11.1 Å². The SMILES string of the molecule is c1ccc(-c2ccc(N(c3ccc4cc5c(cc4c3)sc3ccc4c6cc7ccccc7cc6sc4c35)c3ccc4cc5c(cc4c3)sc3ccc4c6cc7ccccc7cc6sc4c35)cc2)cc1. The largest absolute Gasteiger partial charge is 0.310 e. The summed E-state index contributed by atoms with van der Waals surface area (Å²) >= 11 is 7.69. The molecule has 5 heteroatoms. The van der Waals surface area contributed by atoms with Crippen molar-refractivity contribution in [1.82, 2.24) is 0 Å². The Labute approximate surface area is 411 Å². The molecule has 0 fully saturated rings. The van der Waals surface area contributed by atoms with E-state index in [0.717, 1.165) is 17.1 Å². The van der Waals surface area contributed by atoms with Gasteiger partial charge in [0.2, 0.25) is 0 Å². The Morgan fingerprint density at radius 3 is 1.13 bits per heavy atom. The molecule has 0 aliphatic carbocycles. The lowest BCUT2D eigenvalue weighted by Gasteiger charge is -2.26. The number of nitrogens with zero attached hydrogens (tertiary/aromatic N) is 1. The molecule has 0 amide bonds.